The molecular formula is C15H14FIN2O. The number of hydrogen-bond acceptors (Lipinski definition) is 2. The smallest absolute Gasteiger partial charge is 0.264 e. The standard InChI is InChI=1S/C15H14FIN2O/c16-11-7-5-10(6-8-11)14-18-13(9-3-1-2-4-9)12(17)15(20)19-14/h5-9H,1-4H2,(H,18,19,20). The van der Waals surface area contributed by atoms with Crippen LogP contribution in [0.5, 0.6) is 0 Å². The number of aromatic nitrogens is 2. The fraction of sp³-hybridized carbons (Fsp3) is 0.333. The van der Waals surface area contributed by atoms with Crippen molar-refractivity contribution < 1.29 is 4.39 Å². The first-order chi connectivity index (χ1) is 9.65. The lowest BCUT2D eigenvalue weighted by atomic mass is 10.0. The van der Waals surface area contributed by atoms with Crippen molar-refractivity contribution in [2.45, 2.75) is 31.6 Å². The summed E-state index contributed by atoms with van der Waals surface area (Å²) < 4.78 is 13.7. The maximum Gasteiger partial charge on any atom is 0.264 e. The predicted molar refractivity (Wildman–Crippen MR) is 84.2 cm³/mol. The number of nitrogens with one attached hydrogen (secondary N) is 1. The van der Waals surface area contributed by atoms with Gasteiger partial charge in [-0.05, 0) is 59.7 Å². The second-order valence-electron chi connectivity index (χ2n) is 5.10. The van der Waals surface area contributed by atoms with Crippen LogP contribution in [0.3, 0.4) is 0 Å². The molecule has 1 aromatic heterocycles. The van der Waals surface area contributed by atoms with Crippen molar-refractivity contribution in [3.05, 3.63) is 49.7 Å². The lowest BCUT2D eigenvalue weighted by molar-refractivity contribution is 0.628. The van der Waals surface area contributed by atoms with Crippen LogP contribution in [0.4, 0.5) is 4.39 Å². The van der Waals surface area contributed by atoms with Gasteiger partial charge in [-0.1, -0.05) is 12.8 Å². The fourth-order valence-electron chi connectivity index (χ4n) is 2.69. The molecule has 1 aliphatic rings. The van der Waals surface area contributed by atoms with Gasteiger partial charge in [-0.25, -0.2) is 9.37 Å². The van der Waals surface area contributed by atoms with Crippen molar-refractivity contribution in [3.8, 4) is 11.4 Å². The van der Waals surface area contributed by atoms with Gasteiger partial charge >= 0.3 is 0 Å². The van der Waals surface area contributed by atoms with Crippen LogP contribution in [0.2, 0.25) is 0 Å². The second kappa shape index (κ2) is 5.63. The molecule has 0 atom stereocenters. The van der Waals surface area contributed by atoms with Crippen molar-refractivity contribution in [1.82, 2.24) is 9.97 Å². The largest absolute Gasteiger partial charge is 0.306 e. The van der Waals surface area contributed by atoms with E-state index in [1.165, 1.54) is 25.0 Å². The Kier molecular flexibility index (Phi) is 3.87. The molecule has 104 valence electrons. The first-order valence-electron chi connectivity index (χ1n) is 6.71. The van der Waals surface area contributed by atoms with Crippen molar-refractivity contribution in [3.63, 3.8) is 0 Å². The molecule has 2 aromatic rings. The molecule has 1 heterocycles. The van der Waals surface area contributed by atoms with Gasteiger partial charge in [0.15, 0.2) is 0 Å². The van der Waals surface area contributed by atoms with E-state index in [4.69, 9.17) is 0 Å². The number of nitrogens with zero attached hydrogens (tertiary/aromatic N) is 1. The lowest BCUT2D eigenvalue weighted by Crippen LogP contribution is -2.17. The number of H-pyrrole nitrogens is 1. The highest BCUT2D eigenvalue weighted by molar-refractivity contribution is 14.1. The summed E-state index contributed by atoms with van der Waals surface area (Å²) in [6, 6.07) is 6.03. The molecule has 0 radical (unpaired) electrons. The predicted octanol–water partition coefficient (Wildman–Crippen LogP) is 3.84. The van der Waals surface area contributed by atoms with Gasteiger partial charge in [0.1, 0.15) is 11.6 Å². The highest BCUT2D eigenvalue weighted by Crippen LogP contribution is 2.34. The van der Waals surface area contributed by atoms with Gasteiger partial charge in [-0.3, -0.25) is 4.79 Å². The van der Waals surface area contributed by atoms with Crippen LogP contribution >= 0.6 is 22.6 Å². The van der Waals surface area contributed by atoms with Gasteiger partial charge < -0.3 is 4.98 Å². The second-order valence-corrected chi connectivity index (χ2v) is 6.18. The summed E-state index contributed by atoms with van der Waals surface area (Å²) in [6.07, 6.45) is 4.58. The molecule has 5 heteroatoms. The van der Waals surface area contributed by atoms with E-state index in [0.717, 1.165) is 24.1 Å². The van der Waals surface area contributed by atoms with Crippen LogP contribution in [0.1, 0.15) is 37.3 Å². The molecule has 1 fully saturated rings. The Hall–Kier alpha value is -1.24. The van der Waals surface area contributed by atoms with E-state index in [2.05, 4.69) is 32.6 Å². The average molecular weight is 384 g/mol. The molecule has 3 rings (SSSR count). The van der Waals surface area contributed by atoms with Crippen molar-refractivity contribution in [2.24, 2.45) is 0 Å². The van der Waals surface area contributed by atoms with E-state index in [9.17, 15) is 9.18 Å². The summed E-state index contributed by atoms with van der Waals surface area (Å²) >= 11 is 2.07. The highest BCUT2D eigenvalue weighted by Gasteiger charge is 2.23. The van der Waals surface area contributed by atoms with Gasteiger partial charge in [0.05, 0.1) is 9.26 Å². The molecule has 0 aliphatic heterocycles. The molecule has 0 unspecified atom stereocenters. The van der Waals surface area contributed by atoms with Crippen molar-refractivity contribution in [2.75, 3.05) is 0 Å². The molecular weight excluding hydrogens is 370 g/mol. The van der Waals surface area contributed by atoms with E-state index >= 15 is 0 Å². The third kappa shape index (κ3) is 2.63. The van der Waals surface area contributed by atoms with Crippen LogP contribution in [0.15, 0.2) is 29.1 Å². The maximum atomic E-state index is 13.0. The third-order valence-corrected chi connectivity index (χ3v) is 4.79. The first kappa shape index (κ1) is 13.7. The van der Waals surface area contributed by atoms with Crippen LogP contribution in [0.25, 0.3) is 11.4 Å². The van der Waals surface area contributed by atoms with E-state index in [-0.39, 0.29) is 11.4 Å². The fourth-order valence-corrected chi connectivity index (χ4v) is 3.39. The van der Waals surface area contributed by atoms with Gasteiger partial charge in [0.2, 0.25) is 0 Å². The molecule has 1 N–H and O–H groups in total. The Morgan fingerprint density at radius 2 is 1.85 bits per heavy atom. The van der Waals surface area contributed by atoms with Crippen LogP contribution < -0.4 is 5.56 Å². The summed E-state index contributed by atoms with van der Waals surface area (Å²) in [5.74, 6) is 0.610. The Labute approximate surface area is 129 Å². The zero-order valence-corrected chi connectivity index (χ0v) is 13.0. The van der Waals surface area contributed by atoms with Crippen LogP contribution in [0, 0.1) is 9.39 Å². The Morgan fingerprint density at radius 3 is 2.50 bits per heavy atom. The summed E-state index contributed by atoms with van der Waals surface area (Å²) in [5, 5.41) is 0. The molecule has 20 heavy (non-hydrogen) atoms. The Bertz CT molecular complexity index is 675. The van der Waals surface area contributed by atoms with E-state index in [0.29, 0.717) is 15.3 Å². The molecule has 1 saturated carbocycles. The molecule has 0 amide bonds. The normalized spacial score (nSPS) is 15.7. The third-order valence-electron chi connectivity index (χ3n) is 3.75. The molecule has 0 spiro atoms. The molecule has 3 nitrogen and oxygen atoms in total. The summed E-state index contributed by atoms with van der Waals surface area (Å²) in [7, 11) is 0. The van der Waals surface area contributed by atoms with Gasteiger partial charge in [-0.15, -0.1) is 0 Å². The topological polar surface area (TPSA) is 45.8 Å². The van der Waals surface area contributed by atoms with Crippen molar-refractivity contribution >= 4 is 22.6 Å². The van der Waals surface area contributed by atoms with E-state index in [1.54, 1.807) is 12.1 Å². The quantitative estimate of drug-likeness (QED) is 0.800. The van der Waals surface area contributed by atoms with Gasteiger partial charge in [0.25, 0.3) is 5.56 Å². The minimum absolute atomic E-state index is 0.109. The molecule has 0 bridgehead atoms. The Morgan fingerprint density at radius 1 is 1.20 bits per heavy atom. The maximum absolute atomic E-state index is 13.0. The minimum atomic E-state index is -0.294. The number of aromatic amines is 1. The number of rotatable bonds is 2. The molecule has 1 aliphatic carbocycles. The van der Waals surface area contributed by atoms with Crippen molar-refractivity contribution in [1.29, 1.82) is 0 Å². The molecule has 1 aromatic carbocycles. The van der Waals surface area contributed by atoms with Crippen LogP contribution in [-0.4, -0.2) is 9.97 Å². The zero-order chi connectivity index (χ0) is 14.1. The molecule has 0 saturated heterocycles. The Balaban J connectivity index is 2.08. The number of benzene rings is 1. The average Bonchev–Trinajstić information content (AvgIpc) is 2.96. The first-order valence-corrected chi connectivity index (χ1v) is 7.78. The van der Waals surface area contributed by atoms with E-state index in [1.807, 2.05) is 0 Å². The number of hydrogen-bond donors (Lipinski definition) is 1. The summed E-state index contributed by atoms with van der Waals surface area (Å²) in [5.41, 5.74) is 1.52. The van der Waals surface area contributed by atoms with Gasteiger partial charge in [-0.2, -0.15) is 0 Å². The lowest BCUT2D eigenvalue weighted by Gasteiger charge is -2.12. The number of halogens is 2. The highest BCUT2D eigenvalue weighted by atomic mass is 127. The summed E-state index contributed by atoms with van der Waals surface area (Å²) in [4.78, 5) is 19.5. The van der Waals surface area contributed by atoms with Gasteiger partial charge in [0, 0.05) is 11.5 Å². The monoisotopic (exact) mass is 384 g/mol. The SMILES string of the molecule is O=c1[nH]c(-c2ccc(F)cc2)nc(C2CCCC2)c1I. The van der Waals surface area contributed by atoms with Crippen LogP contribution in [-0.2, 0) is 0 Å². The van der Waals surface area contributed by atoms with E-state index < -0.39 is 0 Å². The minimum Gasteiger partial charge on any atom is -0.306 e. The summed E-state index contributed by atoms with van der Waals surface area (Å²) in [6.45, 7) is 0. The zero-order valence-electron chi connectivity index (χ0n) is 10.8.